The van der Waals surface area contributed by atoms with Crippen molar-refractivity contribution in [3.8, 4) is 11.4 Å². The number of aromatic nitrogens is 4. The van der Waals surface area contributed by atoms with Crippen LogP contribution >= 0.6 is 0 Å². The third kappa shape index (κ3) is 5.16. The normalized spacial score (nSPS) is 10.5. The van der Waals surface area contributed by atoms with Crippen molar-refractivity contribution in [2.75, 3.05) is 11.9 Å². The van der Waals surface area contributed by atoms with Crippen molar-refractivity contribution in [3.05, 3.63) is 94.4 Å². The van der Waals surface area contributed by atoms with Crippen LogP contribution in [0.15, 0.2) is 73.1 Å². The topological polar surface area (TPSA) is 143 Å². The van der Waals surface area contributed by atoms with Gasteiger partial charge in [-0.25, -0.2) is 14.2 Å². The number of nitro groups is 1. The lowest BCUT2D eigenvalue weighted by molar-refractivity contribution is -0.386. The summed E-state index contributed by atoms with van der Waals surface area (Å²) in [7, 11) is 0. The number of rotatable bonds is 9. The van der Waals surface area contributed by atoms with Crippen LogP contribution in [0, 0.1) is 10.1 Å². The molecule has 0 fully saturated rings. The Morgan fingerprint density at radius 2 is 1.83 bits per heavy atom. The number of hydrogen-bond acceptors (Lipinski definition) is 8. The fourth-order valence-corrected chi connectivity index (χ4v) is 3.18. The summed E-state index contributed by atoms with van der Waals surface area (Å²) in [5.41, 5.74) is 0.565. The number of carbonyl (C=O) groups is 2. The second-order valence-corrected chi connectivity index (χ2v) is 7.07. The molecular formula is C23H20N6O6. The third-order valence-corrected chi connectivity index (χ3v) is 4.78. The molecule has 0 aliphatic carbocycles. The molecule has 0 saturated heterocycles. The maximum Gasteiger partial charge on any atom is 0.343 e. The highest BCUT2D eigenvalue weighted by molar-refractivity contribution is 6.06. The summed E-state index contributed by atoms with van der Waals surface area (Å²) in [6.45, 7) is 1.68. The number of para-hydroxylation sites is 3. The van der Waals surface area contributed by atoms with Crippen molar-refractivity contribution < 1.29 is 24.0 Å². The summed E-state index contributed by atoms with van der Waals surface area (Å²) in [4.78, 5) is 36.0. The molecule has 35 heavy (non-hydrogen) atoms. The van der Waals surface area contributed by atoms with E-state index in [9.17, 15) is 19.7 Å². The number of esters is 1. The van der Waals surface area contributed by atoms with Gasteiger partial charge in [-0.2, -0.15) is 10.2 Å². The Morgan fingerprint density at radius 3 is 2.57 bits per heavy atom. The number of nitrogens with one attached hydrogen (secondary N) is 1. The van der Waals surface area contributed by atoms with E-state index < -0.39 is 16.8 Å². The molecule has 0 radical (unpaired) electrons. The molecule has 0 unspecified atom stereocenters. The number of ether oxygens (including phenoxy) is 2. The highest BCUT2D eigenvalue weighted by Crippen LogP contribution is 2.26. The Morgan fingerprint density at radius 1 is 1.09 bits per heavy atom. The molecule has 0 saturated carbocycles. The quantitative estimate of drug-likeness (QED) is 0.220. The number of nitrogens with zero attached hydrogens (tertiary/aromatic N) is 5. The zero-order valence-electron chi connectivity index (χ0n) is 18.5. The maximum atomic E-state index is 12.9. The van der Waals surface area contributed by atoms with Crippen LogP contribution in [0.1, 0.15) is 27.8 Å². The van der Waals surface area contributed by atoms with Crippen LogP contribution in [0.5, 0.6) is 5.75 Å². The van der Waals surface area contributed by atoms with Gasteiger partial charge in [-0.3, -0.25) is 14.9 Å². The van der Waals surface area contributed by atoms with Gasteiger partial charge < -0.3 is 14.8 Å². The minimum atomic E-state index is -0.631. The minimum absolute atomic E-state index is 0.0341. The molecule has 1 N–H and O–H groups in total. The van der Waals surface area contributed by atoms with Gasteiger partial charge in [0.15, 0.2) is 24.0 Å². The lowest BCUT2D eigenvalue weighted by Crippen LogP contribution is -2.19. The third-order valence-electron chi connectivity index (χ3n) is 4.78. The van der Waals surface area contributed by atoms with Crippen molar-refractivity contribution in [3.63, 3.8) is 0 Å². The van der Waals surface area contributed by atoms with E-state index >= 15 is 0 Å². The average Bonchev–Trinajstić information content (AvgIpc) is 3.51. The lowest BCUT2D eigenvalue weighted by atomic mass is 10.3. The molecule has 0 atom stereocenters. The first-order valence-electron chi connectivity index (χ1n) is 10.5. The summed E-state index contributed by atoms with van der Waals surface area (Å²) < 4.78 is 13.3. The summed E-state index contributed by atoms with van der Waals surface area (Å²) >= 11 is 0. The smallest absolute Gasteiger partial charge is 0.343 e. The molecule has 0 aliphatic heterocycles. The van der Waals surface area contributed by atoms with E-state index in [1.807, 2.05) is 6.07 Å². The van der Waals surface area contributed by atoms with Gasteiger partial charge in [0.1, 0.15) is 5.56 Å². The fourth-order valence-electron chi connectivity index (χ4n) is 3.18. The van der Waals surface area contributed by atoms with Crippen molar-refractivity contribution in [2.24, 2.45) is 0 Å². The Labute approximate surface area is 198 Å². The molecule has 2 aromatic heterocycles. The standard InChI is InChI=1S/C23H20N6O6/c1-2-34-23(31)17-14-24-28(16-8-4-3-5-9-16)21(17)25-22(30)18-12-13-27(26-18)15-35-20-11-7-6-10-19(20)29(32)33/h3-14H,2,15H2,1H3,(H,25,30). The maximum absolute atomic E-state index is 12.9. The van der Waals surface area contributed by atoms with Crippen LogP contribution in [-0.4, -0.2) is 43.0 Å². The van der Waals surface area contributed by atoms with E-state index in [0.29, 0.717) is 5.69 Å². The summed E-state index contributed by atoms with van der Waals surface area (Å²) in [5.74, 6) is -1.03. The van der Waals surface area contributed by atoms with E-state index in [4.69, 9.17) is 9.47 Å². The van der Waals surface area contributed by atoms with Gasteiger partial charge in [0.2, 0.25) is 0 Å². The van der Waals surface area contributed by atoms with E-state index in [-0.39, 0.29) is 41.8 Å². The van der Waals surface area contributed by atoms with Crippen LogP contribution in [0.2, 0.25) is 0 Å². The molecule has 0 aliphatic rings. The predicted molar refractivity (Wildman–Crippen MR) is 123 cm³/mol. The molecule has 1 amide bonds. The predicted octanol–water partition coefficient (Wildman–Crippen LogP) is 3.44. The highest BCUT2D eigenvalue weighted by Gasteiger charge is 2.23. The van der Waals surface area contributed by atoms with Gasteiger partial charge in [-0.15, -0.1) is 0 Å². The molecule has 4 aromatic rings. The van der Waals surface area contributed by atoms with Crippen molar-refractivity contribution in [1.82, 2.24) is 19.6 Å². The molecular weight excluding hydrogens is 456 g/mol. The monoisotopic (exact) mass is 476 g/mol. The number of nitro benzene ring substituents is 1. The zero-order chi connectivity index (χ0) is 24.8. The van der Waals surface area contributed by atoms with Crippen molar-refractivity contribution in [1.29, 1.82) is 0 Å². The first-order valence-corrected chi connectivity index (χ1v) is 10.5. The first-order chi connectivity index (χ1) is 17.0. The Bertz CT molecular complexity index is 1360. The minimum Gasteiger partial charge on any atom is -0.464 e. The highest BCUT2D eigenvalue weighted by atomic mass is 16.6. The Kier molecular flexibility index (Phi) is 6.81. The van der Waals surface area contributed by atoms with Gasteiger partial charge in [-0.05, 0) is 31.2 Å². The van der Waals surface area contributed by atoms with E-state index in [2.05, 4.69) is 15.5 Å². The molecule has 12 heteroatoms. The van der Waals surface area contributed by atoms with Crippen LogP contribution in [-0.2, 0) is 11.5 Å². The Balaban J connectivity index is 1.53. The van der Waals surface area contributed by atoms with Gasteiger partial charge in [0, 0.05) is 12.3 Å². The van der Waals surface area contributed by atoms with Crippen molar-refractivity contribution in [2.45, 2.75) is 13.7 Å². The molecule has 12 nitrogen and oxygen atoms in total. The van der Waals surface area contributed by atoms with Crippen LogP contribution in [0.25, 0.3) is 5.69 Å². The van der Waals surface area contributed by atoms with Gasteiger partial charge in [0.05, 0.1) is 23.4 Å². The summed E-state index contributed by atoms with van der Waals surface area (Å²) in [5, 5.41) is 22.2. The van der Waals surface area contributed by atoms with Crippen LogP contribution < -0.4 is 10.1 Å². The molecule has 4 rings (SSSR count). The van der Waals surface area contributed by atoms with E-state index in [1.54, 1.807) is 37.3 Å². The fraction of sp³-hybridized carbons (Fsp3) is 0.130. The largest absolute Gasteiger partial charge is 0.464 e. The van der Waals surface area contributed by atoms with E-state index in [1.165, 1.54) is 46.0 Å². The molecule has 2 heterocycles. The lowest BCUT2D eigenvalue weighted by Gasteiger charge is -2.10. The first kappa shape index (κ1) is 23.2. The molecule has 178 valence electrons. The second-order valence-electron chi connectivity index (χ2n) is 7.07. The second kappa shape index (κ2) is 10.3. The number of amides is 1. The molecule has 0 bridgehead atoms. The van der Waals surface area contributed by atoms with Gasteiger partial charge in [-0.1, -0.05) is 30.3 Å². The summed E-state index contributed by atoms with van der Waals surface area (Å²) in [6.07, 6.45) is 2.81. The average molecular weight is 476 g/mol. The number of benzene rings is 2. The van der Waals surface area contributed by atoms with Gasteiger partial charge in [0.25, 0.3) is 5.91 Å². The number of anilines is 1. The number of carbonyl (C=O) groups excluding carboxylic acids is 2. The van der Waals surface area contributed by atoms with Crippen LogP contribution in [0.3, 0.4) is 0 Å². The zero-order valence-corrected chi connectivity index (χ0v) is 18.5. The molecule has 0 spiro atoms. The number of hydrogen-bond donors (Lipinski definition) is 1. The van der Waals surface area contributed by atoms with Crippen LogP contribution in [0.4, 0.5) is 11.5 Å². The van der Waals surface area contributed by atoms with E-state index in [0.717, 1.165) is 0 Å². The van der Waals surface area contributed by atoms with Gasteiger partial charge >= 0.3 is 11.7 Å². The molecule has 2 aromatic carbocycles. The SMILES string of the molecule is CCOC(=O)c1cnn(-c2ccccc2)c1NC(=O)c1ccn(COc2ccccc2[N+](=O)[O-])n1. The Hall–Kier alpha value is -5.00. The van der Waals surface area contributed by atoms with Crippen molar-refractivity contribution >= 4 is 23.4 Å². The summed E-state index contributed by atoms with van der Waals surface area (Å²) in [6, 6.07) is 16.4.